The van der Waals surface area contributed by atoms with Gasteiger partial charge in [0.05, 0.1) is 13.7 Å². The van der Waals surface area contributed by atoms with Crippen molar-refractivity contribution in [3.05, 3.63) is 40.6 Å². The van der Waals surface area contributed by atoms with E-state index in [1.165, 1.54) is 25.3 Å². The number of hydrogen-bond acceptors (Lipinski definition) is 11. The first-order chi connectivity index (χ1) is 15.2. The Morgan fingerprint density at radius 3 is 2.41 bits per heavy atom. The van der Waals surface area contributed by atoms with Crippen LogP contribution < -0.4 is 14.9 Å². The molecular weight excluding hydrogens is 428 g/mol. The van der Waals surface area contributed by atoms with Crippen molar-refractivity contribution >= 4 is 11.0 Å². The van der Waals surface area contributed by atoms with Crippen LogP contribution in [0.15, 0.2) is 39.5 Å². The Hall–Kier alpha value is -3.51. The second kappa shape index (κ2) is 8.20. The number of phenols is 3. The van der Waals surface area contributed by atoms with Crippen LogP contribution in [-0.2, 0) is 4.74 Å². The lowest BCUT2D eigenvalue weighted by Crippen LogP contribution is -2.55. The fourth-order valence-corrected chi connectivity index (χ4v) is 3.34. The third-order valence-electron chi connectivity index (χ3n) is 5.07. The van der Waals surface area contributed by atoms with E-state index >= 15 is 0 Å². The SMILES string of the molecule is COc1cc(O)c2c(=O)c(O[C@@H]3OC[C@@H](O)[C@H](O)[C@H]3O)c(-c3ccc(O)c(O)c3)oc2c1. The number of rotatable bonds is 4. The molecule has 3 aromatic rings. The standard InChI is InChI=1S/C21H20O11/c1-29-9-5-12(24)15-14(6-9)31-19(8-2-3-10(22)11(23)4-8)20(17(15)27)32-21-18(28)16(26)13(25)7-30-21/h2-6,13,16,18,21-26,28H,7H2,1H3/t13-,16+,18-,21+/m1/s1. The van der Waals surface area contributed by atoms with Gasteiger partial charge in [0, 0.05) is 17.7 Å². The quantitative estimate of drug-likeness (QED) is 0.304. The number of ether oxygens (including phenoxy) is 3. The van der Waals surface area contributed by atoms with Gasteiger partial charge in [0.2, 0.25) is 17.5 Å². The summed E-state index contributed by atoms with van der Waals surface area (Å²) in [5, 5.41) is 59.4. The van der Waals surface area contributed by atoms with Gasteiger partial charge in [-0.3, -0.25) is 4.79 Å². The first-order valence-electron chi connectivity index (χ1n) is 9.44. The summed E-state index contributed by atoms with van der Waals surface area (Å²) in [7, 11) is 1.36. The van der Waals surface area contributed by atoms with E-state index in [2.05, 4.69) is 0 Å². The van der Waals surface area contributed by atoms with Gasteiger partial charge in [-0.25, -0.2) is 0 Å². The molecule has 0 spiro atoms. The molecule has 1 fully saturated rings. The normalized spacial score (nSPS) is 23.2. The van der Waals surface area contributed by atoms with Crippen molar-refractivity contribution in [3.63, 3.8) is 0 Å². The van der Waals surface area contributed by atoms with Gasteiger partial charge in [0.25, 0.3) is 0 Å². The van der Waals surface area contributed by atoms with Crippen LogP contribution in [0.25, 0.3) is 22.3 Å². The van der Waals surface area contributed by atoms with E-state index in [9.17, 15) is 35.4 Å². The molecule has 2 aromatic carbocycles. The topological polar surface area (TPSA) is 179 Å². The monoisotopic (exact) mass is 448 g/mol. The van der Waals surface area contributed by atoms with E-state index in [0.29, 0.717) is 0 Å². The first kappa shape index (κ1) is 21.7. The second-order valence-electron chi connectivity index (χ2n) is 7.18. The molecule has 0 saturated carbocycles. The minimum Gasteiger partial charge on any atom is -0.507 e. The van der Waals surface area contributed by atoms with E-state index < -0.39 is 53.0 Å². The van der Waals surface area contributed by atoms with Crippen LogP contribution in [0.3, 0.4) is 0 Å². The number of aromatic hydroxyl groups is 3. The van der Waals surface area contributed by atoms with Crippen molar-refractivity contribution in [1.82, 2.24) is 0 Å². The average Bonchev–Trinajstić information content (AvgIpc) is 2.76. The van der Waals surface area contributed by atoms with E-state index in [1.807, 2.05) is 0 Å². The predicted molar refractivity (Wildman–Crippen MR) is 108 cm³/mol. The maximum Gasteiger partial charge on any atom is 0.239 e. The Bertz CT molecular complexity index is 1220. The van der Waals surface area contributed by atoms with Gasteiger partial charge >= 0.3 is 0 Å². The van der Waals surface area contributed by atoms with Crippen LogP contribution in [0.1, 0.15) is 0 Å². The zero-order valence-corrected chi connectivity index (χ0v) is 16.6. The highest BCUT2D eigenvalue weighted by molar-refractivity contribution is 5.88. The van der Waals surface area contributed by atoms with E-state index in [1.54, 1.807) is 0 Å². The molecule has 1 aromatic heterocycles. The number of fused-ring (bicyclic) bond motifs is 1. The first-order valence-corrected chi connectivity index (χ1v) is 9.44. The maximum atomic E-state index is 13.3. The minimum atomic E-state index is -1.71. The molecule has 0 amide bonds. The lowest BCUT2D eigenvalue weighted by molar-refractivity contribution is -0.242. The van der Waals surface area contributed by atoms with E-state index in [0.717, 1.165) is 12.1 Å². The molecule has 1 saturated heterocycles. The molecule has 0 aliphatic carbocycles. The number of hydrogen-bond donors (Lipinski definition) is 6. The summed E-state index contributed by atoms with van der Waals surface area (Å²) in [6, 6.07) is 6.16. The molecule has 0 unspecified atom stereocenters. The van der Waals surface area contributed by atoms with E-state index in [-0.39, 0.29) is 34.6 Å². The lowest BCUT2D eigenvalue weighted by atomic mass is 10.1. The van der Waals surface area contributed by atoms with Gasteiger partial charge in [-0.2, -0.15) is 0 Å². The number of aliphatic hydroxyl groups excluding tert-OH is 3. The molecule has 0 radical (unpaired) electrons. The summed E-state index contributed by atoms with van der Waals surface area (Å²) in [5.41, 5.74) is -0.796. The number of phenolic OH excluding ortho intramolecular Hbond substituents is 3. The Morgan fingerprint density at radius 1 is 0.969 bits per heavy atom. The van der Waals surface area contributed by atoms with Crippen LogP contribution in [-0.4, -0.2) is 69.0 Å². The summed E-state index contributed by atoms with van der Waals surface area (Å²) in [6.45, 7) is -0.375. The van der Waals surface area contributed by atoms with Gasteiger partial charge in [-0.05, 0) is 18.2 Å². The number of methoxy groups -OCH3 is 1. The smallest absolute Gasteiger partial charge is 0.239 e. The molecule has 1 aliphatic heterocycles. The molecular formula is C21H20O11. The number of aliphatic hydroxyl groups is 3. The molecule has 6 N–H and O–H groups in total. The highest BCUT2D eigenvalue weighted by atomic mass is 16.7. The molecule has 11 heteroatoms. The lowest BCUT2D eigenvalue weighted by Gasteiger charge is -2.34. The van der Waals surface area contributed by atoms with Crippen molar-refractivity contribution in [1.29, 1.82) is 0 Å². The molecule has 2 heterocycles. The van der Waals surface area contributed by atoms with Crippen molar-refractivity contribution < 1.29 is 49.3 Å². The van der Waals surface area contributed by atoms with Crippen molar-refractivity contribution in [2.24, 2.45) is 0 Å². The molecule has 4 atom stereocenters. The fraction of sp³-hybridized carbons (Fsp3) is 0.286. The largest absolute Gasteiger partial charge is 0.507 e. The third kappa shape index (κ3) is 3.67. The summed E-state index contributed by atoms with van der Waals surface area (Å²) in [5.74, 6) is -1.90. The van der Waals surface area contributed by atoms with Crippen molar-refractivity contribution in [2.45, 2.75) is 24.6 Å². The highest BCUT2D eigenvalue weighted by Gasteiger charge is 2.40. The summed E-state index contributed by atoms with van der Waals surface area (Å²) >= 11 is 0. The van der Waals surface area contributed by atoms with Crippen LogP contribution in [0.5, 0.6) is 28.7 Å². The van der Waals surface area contributed by atoms with Crippen molar-refractivity contribution in [2.75, 3.05) is 13.7 Å². The van der Waals surface area contributed by atoms with Crippen LogP contribution in [0.2, 0.25) is 0 Å². The maximum absolute atomic E-state index is 13.3. The Balaban J connectivity index is 1.92. The average molecular weight is 448 g/mol. The van der Waals surface area contributed by atoms with Crippen LogP contribution >= 0.6 is 0 Å². The van der Waals surface area contributed by atoms with Gasteiger partial charge < -0.3 is 49.3 Å². The van der Waals surface area contributed by atoms with Crippen LogP contribution in [0.4, 0.5) is 0 Å². The van der Waals surface area contributed by atoms with Gasteiger partial charge in [0.1, 0.15) is 40.8 Å². The summed E-state index contributed by atoms with van der Waals surface area (Å²) in [4.78, 5) is 13.3. The molecule has 170 valence electrons. The molecule has 11 nitrogen and oxygen atoms in total. The Kier molecular flexibility index (Phi) is 5.57. The molecule has 1 aliphatic rings. The Labute approximate surface area is 179 Å². The fourth-order valence-electron chi connectivity index (χ4n) is 3.34. The van der Waals surface area contributed by atoms with Gasteiger partial charge in [-0.1, -0.05) is 0 Å². The Morgan fingerprint density at radius 2 is 1.72 bits per heavy atom. The highest BCUT2D eigenvalue weighted by Crippen LogP contribution is 2.39. The summed E-state index contributed by atoms with van der Waals surface area (Å²) < 4.78 is 21.6. The summed E-state index contributed by atoms with van der Waals surface area (Å²) in [6.07, 6.45) is -6.22. The van der Waals surface area contributed by atoms with Gasteiger partial charge in [0.15, 0.2) is 17.3 Å². The third-order valence-corrected chi connectivity index (χ3v) is 5.07. The zero-order chi connectivity index (χ0) is 23.2. The van der Waals surface area contributed by atoms with Crippen LogP contribution in [0, 0.1) is 0 Å². The van der Waals surface area contributed by atoms with Gasteiger partial charge in [-0.15, -0.1) is 0 Å². The zero-order valence-electron chi connectivity index (χ0n) is 16.6. The predicted octanol–water partition coefficient (Wildman–Crippen LogP) is 0.403. The molecule has 32 heavy (non-hydrogen) atoms. The number of benzene rings is 2. The molecule has 4 rings (SSSR count). The minimum absolute atomic E-state index is 0.0673. The van der Waals surface area contributed by atoms with E-state index in [4.69, 9.17) is 18.6 Å². The molecule has 0 bridgehead atoms. The second-order valence-corrected chi connectivity index (χ2v) is 7.18. The van der Waals surface area contributed by atoms with Crippen molar-refractivity contribution in [3.8, 4) is 40.1 Å².